The summed E-state index contributed by atoms with van der Waals surface area (Å²) in [5, 5.41) is 9.61. The number of fused-ring (bicyclic) bond motifs is 3. The molecule has 2 aromatic heterocycles. The first-order chi connectivity index (χ1) is 10.1. The average Bonchev–Trinajstić information content (AvgIpc) is 3.09. The maximum Gasteiger partial charge on any atom is 0.280 e. The Kier molecular flexibility index (Phi) is 2.80. The monoisotopic (exact) mass is 405 g/mol. The molecule has 112 valence electrons. The summed E-state index contributed by atoms with van der Waals surface area (Å²) in [5.74, 6) is 0.0150. The smallest absolute Gasteiger partial charge is 0.280 e. The van der Waals surface area contributed by atoms with E-state index in [0.717, 1.165) is 0 Å². The maximum atomic E-state index is 11.8. The third kappa shape index (κ3) is 1.69. The number of nitrogens with two attached hydrogens (primary N) is 1. The predicted octanol–water partition coefficient (Wildman–Crippen LogP) is -0.836. The minimum absolute atomic E-state index is 0.00175. The number of H-pyrrole nitrogens is 1. The maximum absolute atomic E-state index is 11.8. The quantitative estimate of drug-likeness (QED) is 0.439. The van der Waals surface area contributed by atoms with Crippen LogP contribution in [-0.4, -0.2) is 53.5 Å². The Morgan fingerprint density at radius 2 is 2.48 bits per heavy atom. The Morgan fingerprint density at radius 3 is 3.19 bits per heavy atom. The molecule has 4 N–H and O–H groups in total. The van der Waals surface area contributed by atoms with Crippen LogP contribution in [0.5, 0.6) is 0 Å². The number of aliphatic hydroxyl groups is 1. The zero-order valence-electron chi connectivity index (χ0n) is 10.7. The predicted molar refractivity (Wildman–Crippen MR) is 80.0 cm³/mol. The SMILES string of the molecule is Nc1nc2c(ncn2[C@@H]2O[C@@]3(CO)CO[C@H]2C3I)c(=O)[nH]1. The van der Waals surface area contributed by atoms with E-state index in [2.05, 4.69) is 37.5 Å². The molecule has 0 aromatic carbocycles. The average molecular weight is 405 g/mol. The zero-order valence-corrected chi connectivity index (χ0v) is 12.9. The van der Waals surface area contributed by atoms with E-state index in [-0.39, 0.29) is 28.1 Å². The molecule has 21 heavy (non-hydrogen) atoms. The standard InChI is InChI=1S/C11H12IN5O4/c12-6-5-9(21-11(6,1-18)2-20-5)17-3-14-4-7(17)15-10(13)16-8(4)19/h3,5-6,9,18H,1-2H2,(H3,13,15,16,19)/t5-,6?,9+,11-/m0/s1. The van der Waals surface area contributed by atoms with Crippen LogP contribution in [0.3, 0.4) is 0 Å². The number of rotatable bonds is 2. The number of ether oxygens (including phenoxy) is 2. The summed E-state index contributed by atoms with van der Waals surface area (Å²) < 4.78 is 13.3. The first kappa shape index (κ1) is 13.4. The lowest BCUT2D eigenvalue weighted by Crippen LogP contribution is -2.41. The number of halogens is 1. The van der Waals surface area contributed by atoms with Crippen LogP contribution in [0.15, 0.2) is 11.1 Å². The molecule has 4 atom stereocenters. The molecule has 2 saturated heterocycles. The molecule has 0 spiro atoms. The molecule has 2 aliphatic rings. The Balaban J connectivity index is 1.84. The van der Waals surface area contributed by atoms with Gasteiger partial charge in [-0.1, -0.05) is 22.6 Å². The fourth-order valence-electron chi connectivity index (χ4n) is 2.85. The van der Waals surface area contributed by atoms with Gasteiger partial charge < -0.3 is 20.3 Å². The lowest BCUT2D eigenvalue weighted by Gasteiger charge is -2.29. The molecule has 4 heterocycles. The molecule has 2 fully saturated rings. The van der Waals surface area contributed by atoms with Crippen LogP contribution in [0.4, 0.5) is 5.95 Å². The van der Waals surface area contributed by atoms with Crippen molar-refractivity contribution in [3.8, 4) is 0 Å². The second kappa shape index (κ2) is 4.38. The van der Waals surface area contributed by atoms with Crippen molar-refractivity contribution in [3.05, 3.63) is 16.7 Å². The van der Waals surface area contributed by atoms with Gasteiger partial charge in [-0.25, -0.2) is 4.98 Å². The molecule has 9 nitrogen and oxygen atoms in total. The van der Waals surface area contributed by atoms with E-state index in [9.17, 15) is 9.90 Å². The number of aliphatic hydroxyl groups excluding tert-OH is 1. The van der Waals surface area contributed by atoms with E-state index < -0.39 is 17.4 Å². The molecule has 2 bridgehead atoms. The van der Waals surface area contributed by atoms with Gasteiger partial charge in [-0.2, -0.15) is 4.98 Å². The second-order valence-electron chi connectivity index (χ2n) is 5.18. The minimum atomic E-state index is -0.723. The Hall–Kier alpha value is -1.24. The number of hydrogen-bond donors (Lipinski definition) is 3. The number of nitrogens with zero attached hydrogens (tertiary/aromatic N) is 3. The van der Waals surface area contributed by atoms with Crippen molar-refractivity contribution in [1.29, 1.82) is 0 Å². The minimum Gasteiger partial charge on any atom is -0.393 e. The van der Waals surface area contributed by atoms with Crippen LogP contribution in [0.1, 0.15) is 6.23 Å². The van der Waals surface area contributed by atoms with Gasteiger partial charge in [0.1, 0.15) is 11.7 Å². The van der Waals surface area contributed by atoms with Gasteiger partial charge in [0.05, 0.1) is 23.5 Å². The summed E-state index contributed by atoms with van der Waals surface area (Å²) in [6, 6.07) is 0. The third-order valence-electron chi connectivity index (χ3n) is 3.94. The van der Waals surface area contributed by atoms with Gasteiger partial charge in [0.15, 0.2) is 17.4 Å². The lowest BCUT2D eigenvalue weighted by atomic mass is 10.0. The van der Waals surface area contributed by atoms with E-state index >= 15 is 0 Å². The van der Waals surface area contributed by atoms with Crippen molar-refractivity contribution in [2.24, 2.45) is 0 Å². The van der Waals surface area contributed by atoms with Crippen molar-refractivity contribution in [2.45, 2.75) is 21.9 Å². The fourth-order valence-corrected chi connectivity index (χ4v) is 3.93. The van der Waals surface area contributed by atoms with Gasteiger partial charge in [-0.05, 0) is 0 Å². The molecular formula is C11H12IN5O4. The number of imidazole rings is 1. The van der Waals surface area contributed by atoms with E-state index in [1.807, 2.05) is 0 Å². The van der Waals surface area contributed by atoms with Crippen LogP contribution in [0.25, 0.3) is 11.2 Å². The molecule has 0 amide bonds. The number of aromatic amines is 1. The highest BCUT2D eigenvalue weighted by Gasteiger charge is 2.61. The van der Waals surface area contributed by atoms with E-state index in [1.165, 1.54) is 6.33 Å². The van der Waals surface area contributed by atoms with Crippen molar-refractivity contribution < 1.29 is 14.6 Å². The number of nitrogens with one attached hydrogen (secondary N) is 1. The molecule has 2 aliphatic heterocycles. The molecular weight excluding hydrogens is 393 g/mol. The van der Waals surface area contributed by atoms with E-state index in [1.54, 1.807) is 4.57 Å². The molecule has 10 heteroatoms. The van der Waals surface area contributed by atoms with Crippen LogP contribution in [0.2, 0.25) is 0 Å². The summed E-state index contributed by atoms with van der Waals surface area (Å²) in [5.41, 5.74) is 5.00. The van der Waals surface area contributed by atoms with Gasteiger partial charge in [0, 0.05) is 0 Å². The number of aromatic nitrogens is 4. The highest BCUT2D eigenvalue weighted by atomic mass is 127. The highest BCUT2D eigenvalue weighted by Crippen LogP contribution is 2.48. The number of anilines is 1. The Morgan fingerprint density at radius 1 is 1.67 bits per heavy atom. The number of alkyl halides is 1. The third-order valence-corrected chi connectivity index (χ3v) is 5.78. The summed E-state index contributed by atoms with van der Waals surface area (Å²) in [6.07, 6.45) is 0.749. The van der Waals surface area contributed by atoms with Crippen LogP contribution in [-0.2, 0) is 9.47 Å². The summed E-state index contributed by atoms with van der Waals surface area (Å²) in [4.78, 5) is 22.4. The summed E-state index contributed by atoms with van der Waals surface area (Å²) in [7, 11) is 0. The molecule has 4 rings (SSSR count). The lowest BCUT2D eigenvalue weighted by molar-refractivity contribution is -0.182. The summed E-state index contributed by atoms with van der Waals surface area (Å²) >= 11 is 2.22. The van der Waals surface area contributed by atoms with Gasteiger partial charge >= 0.3 is 0 Å². The van der Waals surface area contributed by atoms with Gasteiger partial charge in [0.25, 0.3) is 5.56 Å². The highest BCUT2D eigenvalue weighted by molar-refractivity contribution is 14.1. The van der Waals surface area contributed by atoms with Crippen molar-refractivity contribution >= 4 is 39.7 Å². The first-order valence-corrected chi connectivity index (χ1v) is 7.57. The van der Waals surface area contributed by atoms with Crippen molar-refractivity contribution in [2.75, 3.05) is 18.9 Å². The van der Waals surface area contributed by atoms with Crippen molar-refractivity contribution in [1.82, 2.24) is 19.5 Å². The zero-order chi connectivity index (χ0) is 14.8. The van der Waals surface area contributed by atoms with Crippen LogP contribution in [0, 0.1) is 0 Å². The number of nitrogen functional groups attached to an aromatic ring is 1. The largest absolute Gasteiger partial charge is 0.393 e. The van der Waals surface area contributed by atoms with Crippen molar-refractivity contribution in [3.63, 3.8) is 0 Å². The molecule has 0 saturated carbocycles. The summed E-state index contributed by atoms with van der Waals surface area (Å²) in [6.45, 7) is 0.220. The van der Waals surface area contributed by atoms with E-state index in [4.69, 9.17) is 15.2 Å². The van der Waals surface area contributed by atoms with Gasteiger partial charge in [-0.3, -0.25) is 14.3 Å². The Labute approximate surface area is 131 Å². The molecule has 2 aromatic rings. The normalized spacial score (nSPS) is 34.9. The second-order valence-corrected chi connectivity index (χ2v) is 6.53. The van der Waals surface area contributed by atoms with Crippen LogP contribution < -0.4 is 11.3 Å². The Bertz CT molecular complexity index is 776. The van der Waals surface area contributed by atoms with Gasteiger partial charge in [-0.15, -0.1) is 0 Å². The van der Waals surface area contributed by atoms with E-state index in [0.29, 0.717) is 12.3 Å². The topological polar surface area (TPSA) is 128 Å². The van der Waals surface area contributed by atoms with Gasteiger partial charge in [0.2, 0.25) is 5.95 Å². The molecule has 0 radical (unpaired) electrons. The molecule has 1 unspecified atom stereocenters. The molecule has 0 aliphatic carbocycles. The fraction of sp³-hybridized carbons (Fsp3) is 0.545. The van der Waals surface area contributed by atoms with Crippen LogP contribution >= 0.6 is 22.6 Å². The number of hydrogen-bond acceptors (Lipinski definition) is 7. The first-order valence-electron chi connectivity index (χ1n) is 6.32.